The summed E-state index contributed by atoms with van der Waals surface area (Å²) >= 11 is 0. The molecule has 2 aromatic carbocycles. The van der Waals surface area contributed by atoms with E-state index in [2.05, 4.69) is 0 Å². The highest BCUT2D eigenvalue weighted by molar-refractivity contribution is 5.93. The number of rotatable bonds is 5. The molecule has 0 radical (unpaired) electrons. The van der Waals surface area contributed by atoms with Gasteiger partial charge >= 0.3 is 6.09 Å². The van der Waals surface area contributed by atoms with Crippen LogP contribution in [0, 0.1) is 0 Å². The molecule has 3 rings (SSSR count). The molecule has 0 aliphatic carbocycles. The van der Waals surface area contributed by atoms with Crippen molar-refractivity contribution in [2.24, 2.45) is 0 Å². The van der Waals surface area contributed by atoms with Crippen molar-refractivity contribution in [1.82, 2.24) is 4.90 Å². The molecule has 1 aliphatic heterocycles. The van der Waals surface area contributed by atoms with Crippen LogP contribution in [0.1, 0.15) is 23.7 Å². The maximum atomic E-state index is 12.5. The topological polar surface area (TPSA) is 66.8 Å². The number of carbonyl (C=O) groups excluding carboxylic acids is 2. The molecule has 2 aromatic rings. The minimum atomic E-state index is -0.940. The zero-order chi connectivity index (χ0) is 16.9. The zero-order valence-electron chi connectivity index (χ0n) is 13.2. The minimum Gasteiger partial charge on any atom is -0.447 e. The summed E-state index contributed by atoms with van der Waals surface area (Å²) < 4.78 is 5.04. The first kappa shape index (κ1) is 16.2. The van der Waals surface area contributed by atoms with Gasteiger partial charge in [-0.2, -0.15) is 0 Å². The molecule has 124 valence electrons. The van der Waals surface area contributed by atoms with E-state index in [4.69, 9.17) is 4.74 Å². The monoisotopic (exact) mass is 325 g/mol. The molecule has 0 spiro atoms. The Morgan fingerprint density at radius 1 is 1.12 bits per heavy atom. The number of hydrogen-bond acceptors (Lipinski definition) is 4. The van der Waals surface area contributed by atoms with Gasteiger partial charge in [0.1, 0.15) is 6.61 Å². The van der Waals surface area contributed by atoms with Crippen molar-refractivity contribution >= 4 is 12.0 Å². The predicted molar refractivity (Wildman–Crippen MR) is 88.1 cm³/mol. The molecule has 0 aromatic heterocycles. The number of amides is 2. The third-order valence-electron chi connectivity index (χ3n) is 4.10. The van der Waals surface area contributed by atoms with Crippen LogP contribution >= 0.6 is 0 Å². The molecule has 0 bridgehead atoms. The third-order valence-corrected chi connectivity index (χ3v) is 4.10. The number of carbonyl (C=O) groups is 2. The van der Waals surface area contributed by atoms with Crippen LogP contribution in [0.3, 0.4) is 0 Å². The van der Waals surface area contributed by atoms with Crippen molar-refractivity contribution in [3.05, 3.63) is 71.8 Å². The number of nitrogens with zero attached hydrogens (tertiary/aromatic N) is 1. The van der Waals surface area contributed by atoms with Crippen LogP contribution in [0.5, 0.6) is 0 Å². The number of imide groups is 1. The van der Waals surface area contributed by atoms with E-state index in [1.54, 1.807) is 24.3 Å². The molecule has 1 aliphatic rings. The van der Waals surface area contributed by atoms with Gasteiger partial charge in [0, 0.05) is 0 Å². The number of hydrogen-bond donors (Lipinski definition) is 1. The summed E-state index contributed by atoms with van der Waals surface area (Å²) in [6, 6.07) is 18.2. The second kappa shape index (κ2) is 7.27. The van der Waals surface area contributed by atoms with E-state index in [-0.39, 0.29) is 19.1 Å². The van der Waals surface area contributed by atoms with Crippen LogP contribution in [0.4, 0.5) is 4.79 Å². The van der Waals surface area contributed by atoms with Crippen LogP contribution in [0.15, 0.2) is 60.7 Å². The van der Waals surface area contributed by atoms with Gasteiger partial charge in [0.15, 0.2) is 0 Å². The summed E-state index contributed by atoms with van der Waals surface area (Å²) in [5, 5.41) is 10.2. The lowest BCUT2D eigenvalue weighted by atomic mass is 10.0. The van der Waals surface area contributed by atoms with Gasteiger partial charge in [0.2, 0.25) is 5.91 Å². The number of ether oxygens (including phenoxy) is 1. The van der Waals surface area contributed by atoms with Gasteiger partial charge in [-0.05, 0) is 17.5 Å². The molecule has 1 heterocycles. The maximum Gasteiger partial charge on any atom is 0.416 e. The van der Waals surface area contributed by atoms with Gasteiger partial charge in [0.25, 0.3) is 0 Å². The Morgan fingerprint density at radius 3 is 2.42 bits per heavy atom. The van der Waals surface area contributed by atoms with Gasteiger partial charge in [-0.15, -0.1) is 0 Å². The Bertz CT molecular complexity index is 702. The van der Waals surface area contributed by atoms with Gasteiger partial charge < -0.3 is 9.84 Å². The molecule has 1 N–H and O–H groups in total. The Morgan fingerprint density at radius 2 is 1.75 bits per heavy atom. The highest BCUT2D eigenvalue weighted by Gasteiger charge is 2.38. The first-order chi connectivity index (χ1) is 11.6. The SMILES string of the molecule is O=C(C[C@H](O)c1ccccc1)N1C(=O)OC[C@@H]1Cc1ccccc1. The van der Waals surface area contributed by atoms with Crippen molar-refractivity contribution < 1.29 is 19.4 Å². The lowest BCUT2D eigenvalue weighted by molar-refractivity contribution is -0.131. The fourth-order valence-corrected chi connectivity index (χ4v) is 2.86. The first-order valence-electron chi connectivity index (χ1n) is 7.91. The van der Waals surface area contributed by atoms with E-state index in [1.807, 2.05) is 36.4 Å². The summed E-state index contributed by atoms with van der Waals surface area (Å²) in [7, 11) is 0. The largest absolute Gasteiger partial charge is 0.447 e. The Hall–Kier alpha value is -2.66. The number of cyclic esters (lactones) is 1. The summed E-state index contributed by atoms with van der Waals surface area (Å²) in [5.41, 5.74) is 1.68. The Labute approximate surface area is 140 Å². The average molecular weight is 325 g/mol. The minimum absolute atomic E-state index is 0.148. The van der Waals surface area contributed by atoms with E-state index in [0.717, 1.165) is 10.5 Å². The van der Waals surface area contributed by atoms with Gasteiger partial charge in [-0.1, -0.05) is 60.7 Å². The smallest absolute Gasteiger partial charge is 0.416 e. The molecule has 5 heteroatoms. The molecule has 2 atom stereocenters. The van der Waals surface area contributed by atoms with E-state index >= 15 is 0 Å². The van der Waals surface area contributed by atoms with Crippen LogP contribution in [-0.2, 0) is 16.0 Å². The molecular formula is C19H19NO4. The number of benzene rings is 2. The second-order valence-corrected chi connectivity index (χ2v) is 5.81. The van der Waals surface area contributed by atoms with Crippen molar-refractivity contribution in [1.29, 1.82) is 0 Å². The molecule has 5 nitrogen and oxygen atoms in total. The van der Waals surface area contributed by atoms with Crippen molar-refractivity contribution in [2.45, 2.75) is 25.0 Å². The lowest BCUT2D eigenvalue weighted by Crippen LogP contribution is -2.40. The van der Waals surface area contributed by atoms with Crippen LogP contribution in [0.25, 0.3) is 0 Å². The molecule has 0 unspecified atom stereocenters. The summed E-state index contributed by atoms with van der Waals surface area (Å²) in [6.45, 7) is 0.181. The van der Waals surface area contributed by atoms with Crippen LogP contribution in [0.2, 0.25) is 0 Å². The average Bonchev–Trinajstić information content (AvgIpc) is 2.97. The van der Waals surface area contributed by atoms with Gasteiger partial charge in [-0.3, -0.25) is 4.79 Å². The Balaban J connectivity index is 1.68. The second-order valence-electron chi connectivity index (χ2n) is 5.81. The predicted octanol–water partition coefficient (Wildman–Crippen LogP) is 2.70. The fraction of sp³-hybridized carbons (Fsp3) is 0.263. The molecule has 0 saturated carbocycles. The third kappa shape index (κ3) is 3.63. The van der Waals surface area contributed by atoms with E-state index < -0.39 is 18.1 Å². The maximum absolute atomic E-state index is 12.5. The molecule has 1 saturated heterocycles. The Kier molecular flexibility index (Phi) is 4.91. The number of aliphatic hydroxyl groups is 1. The highest BCUT2D eigenvalue weighted by atomic mass is 16.6. The van der Waals surface area contributed by atoms with Crippen molar-refractivity contribution in [3.63, 3.8) is 0 Å². The normalized spacial score (nSPS) is 18.3. The summed E-state index contributed by atoms with van der Waals surface area (Å²) in [4.78, 5) is 25.6. The molecule has 24 heavy (non-hydrogen) atoms. The lowest BCUT2D eigenvalue weighted by Gasteiger charge is -2.21. The van der Waals surface area contributed by atoms with Crippen LogP contribution < -0.4 is 0 Å². The zero-order valence-corrected chi connectivity index (χ0v) is 13.2. The van der Waals surface area contributed by atoms with Gasteiger partial charge in [0.05, 0.1) is 18.6 Å². The molecular weight excluding hydrogens is 306 g/mol. The quantitative estimate of drug-likeness (QED) is 0.918. The number of aliphatic hydroxyl groups excluding tert-OH is 1. The fourth-order valence-electron chi connectivity index (χ4n) is 2.86. The van der Waals surface area contributed by atoms with Crippen molar-refractivity contribution in [2.75, 3.05) is 6.61 Å². The van der Waals surface area contributed by atoms with Crippen molar-refractivity contribution in [3.8, 4) is 0 Å². The molecule has 1 fully saturated rings. The van der Waals surface area contributed by atoms with Crippen LogP contribution in [-0.4, -0.2) is 34.7 Å². The van der Waals surface area contributed by atoms with Gasteiger partial charge in [-0.25, -0.2) is 9.69 Å². The van der Waals surface area contributed by atoms with E-state index in [1.165, 1.54) is 0 Å². The highest BCUT2D eigenvalue weighted by Crippen LogP contribution is 2.22. The van der Waals surface area contributed by atoms with E-state index in [9.17, 15) is 14.7 Å². The summed E-state index contributed by atoms with van der Waals surface area (Å²) in [6.07, 6.45) is -1.19. The first-order valence-corrected chi connectivity index (χ1v) is 7.91. The summed E-state index contributed by atoms with van der Waals surface area (Å²) in [5.74, 6) is -0.421. The molecule has 2 amide bonds. The standard InChI is InChI=1S/C19H19NO4/c21-17(15-9-5-2-6-10-15)12-18(22)20-16(13-24-19(20)23)11-14-7-3-1-4-8-14/h1-10,16-17,21H,11-13H2/t16-,17-/m0/s1. The van der Waals surface area contributed by atoms with E-state index in [0.29, 0.717) is 12.0 Å².